The van der Waals surface area contributed by atoms with Crippen LogP contribution in [-0.4, -0.2) is 37.6 Å². The molecule has 1 amide bonds. The van der Waals surface area contributed by atoms with Gasteiger partial charge in [0.1, 0.15) is 5.75 Å². The van der Waals surface area contributed by atoms with Crippen LogP contribution in [0.2, 0.25) is 0 Å². The monoisotopic (exact) mass is 342 g/mol. The number of rotatable bonds is 7. The second kappa shape index (κ2) is 8.27. The maximum Gasteiger partial charge on any atom is 0.260 e. The van der Waals surface area contributed by atoms with E-state index in [1.807, 2.05) is 39.1 Å². The highest BCUT2D eigenvalue weighted by molar-refractivity contribution is 9.10. The maximum absolute atomic E-state index is 12.0. The van der Waals surface area contributed by atoms with Crippen LogP contribution in [0.5, 0.6) is 5.75 Å². The van der Waals surface area contributed by atoms with Crippen molar-refractivity contribution in [2.24, 2.45) is 0 Å². The SMILES string of the molecule is CCN(CC)C(=O)COc1ccc(Br)cc1C(C)NC. The summed E-state index contributed by atoms with van der Waals surface area (Å²) in [5.74, 6) is 0.761. The van der Waals surface area contributed by atoms with Crippen LogP contribution >= 0.6 is 15.9 Å². The number of ether oxygens (including phenoxy) is 1. The van der Waals surface area contributed by atoms with Gasteiger partial charge in [0.2, 0.25) is 0 Å². The van der Waals surface area contributed by atoms with Gasteiger partial charge in [0.25, 0.3) is 5.91 Å². The van der Waals surface area contributed by atoms with E-state index in [1.54, 1.807) is 4.90 Å². The number of benzene rings is 1. The number of nitrogens with one attached hydrogen (secondary N) is 1. The van der Waals surface area contributed by atoms with Crippen molar-refractivity contribution in [1.29, 1.82) is 0 Å². The topological polar surface area (TPSA) is 41.6 Å². The van der Waals surface area contributed by atoms with Crippen molar-refractivity contribution in [3.8, 4) is 5.75 Å². The van der Waals surface area contributed by atoms with Crippen LogP contribution in [-0.2, 0) is 4.79 Å². The van der Waals surface area contributed by atoms with Crippen molar-refractivity contribution in [2.45, 2.75) is 26.8 Å². The van der Waals surface area contributed by atoms with Gasteiger partial charge in [-0.15, -0.1) is 0 Å². The Morgan fingerprint density at radius 3 is 2.60 bits per heavy atom. The summed E-state index contributed by atoms with van der Waals surface area (Å²) in [5.41, 5.74) is 1.04. The number of halogens is 1. The van der Waals surface area contributed by atoms with E-state index in [0.717, 1.165) is 15.8 Å². The second-order valence-electron chi connectivity index (χ2n) is 4.55. The Morgan fingerprint density at radius 1 is 1.40 bits per heavy atom. The summed E-state index contributed by atoms with van der Waals surface area (Å²) >= 11 is 3.46. The Morgan fingerprint density at radius 2 is 2.05 bits per heavy atom. The normalized spacial score (nSPS) is 12.1. The fourth-order valence-electron chi connectivity index (χ4n) is 1.95. The molecule has 0 saturated heterocycles. The van der Waals surface area contributed by atoms with Gasteiger partial charge in [-0.1, -0.05) is 15.9 Å². The molecule has 0 radical (unpaired) electrons. The Hall–Kier alpha value is -1.07. The molecule has 1 atom stereocenters. The minimum atomic E-state index is 0.0148. The van der Waals surface area contributed by atoms with Gasteiger partial charge >= 0.3 is 0 Å². The molecule has 4 nitrogen and oxygen atoms in total. The number of carbonyl (C=O) groups excluding carboxylic acids is 1. The molecule has 0 bridgehead atoms. The first kappa shape index (κ1) is 17.0. The molecule has 1 N–H and O–H groups in total. The Balaban J connectivity index is 2.79. The highest BCUT2D eigenvalue weighted by Gasteiger charge is 2.14. The molecule has 0 aliphatic heterocycles. The molecule has 112 valence electrons. The van der Waals surface area contributed by atoms with Gasteiger partial charge in [-0.05, 0) is 46.0 Å². The lowest BCUT2D eigenvalue weighted by atomic mass is 10.1. The largest absolute Gasteiger partial charge is 0.483 e. The van der Waals surface area contributed by atoms with E-state index < -0.39 is 0 Å². The molecule has 1 aromatic carbocycles. The van der Waals surface area contributed by atoms with Crippen molar-refractivity contribution < 1.29 is 9.53 Å². The molecule has 0 aliphatic rings. The highest BCUT2D eigenvalue weighted by Crippen LogP contribution is 2.28. The average molecular weight is 343 g/mol. The molecule has 0 aliphatic carbocycles. The number of nitrogens with zero attached hydrogens (tertiary/aromatic N) is 1. The number of hydrogen-bond donors (Lipinski definition) is 1. The van der Waals surface area contributed by atoms with Crippen molar-refractivity contribution in [3.05, 3.63) is 28.2 Å². The number of carbonyl (C=O) groups is 1. The van der Waals surface area contributed by atoms with Gasteiger partial charge < -0.3 is 15.0 Å². The highest BCUT2D eigenvalue weighted by atomic mass is 79.9. The van der Waals surface area contributed by atoms with Crippen LogP contribution < -0.4 is 10.1 Å². The van der Waals surface area contributed by atoms with E-state index >= 15 is 0 Å². The summed E-state index contributed by atoms with van der Waals surface area (Å²) in [5, 5.41) is 3.19. The third-order valence-electron chi connectivity index (χ3n) is 3.34. The first-order chi connectivity index (χ1) is 9.53. The van der Waals surface area contributed by atoms with E-state index in [9.17, 15) is 4.79 Å². The lowest BCUT2D eigenvalue weighted by Gasteiger charge is -2.20. The van der Waals surface area contributed by atoms with Crippen molar-refractivity contribution in [1.82, 2.24) is 10.2 Å². The Bertz CT molecular complexity index is 447. The van der Waals surface area contributed by atoms with E-state index in [2.05, 4.69) is 28.2 Å². The molecular formula is C15H23BrN2O2. The molecular weight excluding hydrogens is 320 g/mol. The van der Waals surface area contributed by atoms with Crippen LogP contribution in [0.3, 0.4) is 0 Å². The zero-order valence-electron chi connectivity index (χ0n) is 12.6. The molecule has 0 heterocycles. The summed E-state index contributed by atoms with van der Waals surface area (Å²) in [6.45, 7) is 7.48. The van der Waals surface area contributed by atoms with Crippen molar-refractivity contribution in [3.63, 3.8) is 0 Å². The van der Waals surface area contributed by atoms with Gasteiger partial charge in [0.05, 0.1) is 0 Å². The Labute approximate surface area is 129 Å². The van der Waals surface area contributed by atoms with Gasteiger partial charge in [-0.25, -0.2) is 0 Å². The molecule has 1 rings (SSSR count). The smallest absolute Gasteiger partial charge is 0.260 e. The van der Waals surface area contributed by atoms with Gasteiger partial charge in [-0.3, -0.25) is 4.79 Å². The fraction of sp³-hybridized carbons (Fsp3) is 0.533. The standard InChI is InChI=1S/C15H23BrN2O2/c1-5-18(6-2)15(19)10-20-14-8-7-12(16)9-13(14)11(3)17-4/h7-9,11,17H,5-6,10H2,1-4H3. The zero-order chi connectivity index (χ0) is 15.1. The fourth-order valence-corrected chi connectivity index (χ4v) is 2.33. The third kappa shape index (κ3) is 4.49. The van der Waals surface area contributed by atoms with Crippen LogP contribution in [0, 0.1) is 0 Å². The van der Waals surface area contributed by atoms with E-state index in [0.29, 0.717) is 13.1 Å². The van der Waals surface area contributed by atoms with E-state index in [1.165, 1.54) is 0 Å². The summed E-state index contributed by atoms with van der Waals surface area (Å²) in [6, 6.07) is 5.98. The van der Waals surface area contributed by atoms with E-state index in [-0.39, 0.29) is 18.6 Å². The zero-order valence-corrected chi connectivity index (χ0v) is 14.2. The average Bonchev–Trinajstić information content (AvgIpc) is 2.46. The number of hydrogen-bond acceptors (Lipinski definition) is 3. The van der Waals surface area contributed by atoms with Gasteiger partial charge in [0, 0.05) is 29.2 Å². The van der Waals surface area contributed by atoms with Crippen LogP contribution in [0.1, 0.15) is 32.4 Å². The molecule has 0 spiro atoms. The van der Waals surface area contributed by atoms with Crippen molar-refractivity contribution in [2.75, 3.05) is 26.7 Å². The summed E-state index contributed by atoms with van der Waals surface area (Å²) in [7, 11) is 1.90. The molecule has 1 aromatic rings. The minimum absolute atomic E-state index is 0.0148. The van der Waals surface area contributed by atoms with Gasteiger partial charge in [-0.2, -0.15) is 0 Å². The summed E-state index contributed by atoms with van der Waals surface area (Å²) in [6.07, 6.45) is 0. The minimum Gasteiger partial charge on any atom is -0.483 e. The van der Waals surface area contributed by atoms with Gasteiger partial charge in [0.15, 0.2) is 6.61 Å². The lowest BCUT2D eigenvalue weighted by molar-refractivity contribution is -0.132. The predicted octanol–water partition coefficient (Wildman–Crippen LogP) is 2.98. The molecule has 0 saturated carbocycles. The third-order valence-corrected chi connectivity index (χ3v) is 3.83. The molecule has 5 heteroatoms. The molecule has 20 heavy (non-hydrogen) atoms. The quantitative estimate of drug-likeness (QED) is 0.828. The number of likely N-dealkylation sites (N-methyl/N-ethyl adjacent to an activating group) is 1. The summed E-state index contributed by atoms with van der Waals surface area (Å²) in [4.78, 5) is 13.7. The second-order valence-corrected chi connectivity index (χ2v) is 5.46. The molecule has 0 fully saturated rings. The van der Waals surface area contributed by atoms with Crippen LogP contribution in [0.25, 0.3) is 0 Å². The first-order valence-electron chi connectivity index (χ1n) is 6.90. The Kier molecular flexibility index (Phi) is 7.02. The van der Waals surface area contributed by atoms with Crippen LogP contribution in [0.4, 0.5) is 0 Å². The first-order valence-corrected chi connectivity index (χ1v) is 7.70. The van der Waals surface area contributed by atoms with E-state index in [4.69, 9.17) is 4.74 Å². The maximum atomic E-state index is 12.0. The predicted molar refractivity (Wildman–Crippen MR) is 85.0 cm³/mol. The lowest BCUT2D eigenvalue weighted by Crippen LogP contribution is -2.34. The summed E-state index contributed by atoms with van der Waals surface area (Å²) < 4.78 is 6.71. The molecule has 1 unspecified atom stereocenters. The van der Waals surface area contributed by atoms with Crippen LogP contribution in [0.15, 0.2) is 22.7 Å². The van der Waals surface area contributed by atoms with Crippen molar-refractivity contribution >= 4 is 21.8 Å². The molecule has 0 aromatic heterocycles. The number of amides is 1.